The Morgan fingerprint density at radius 1 is 1.32 bits per heavy atom. The first-order chi connectivity index (χ1) is 14.7. The van der Waals surface area contributed by atoms with Crippen molar-refractivity contribution in [2.45, 2.75) is 26.9 Å². The molecule has 3 aromatic rings. The number of hydrogen-bond acceptors (Lipinski definition) is 6. The van der Waals surface area contributed by atoms with Gasteiger partial charge in [0, 0.05) is 4.47 Å². The van der Waals surface area contributed by atoms with Gasteiger partial charge >= 0.3 is 5.97 Å². The maximum Gasteiger partial charge on any atom is 0.347 e. The summed E-state index contributed by atoms with van der Waals surface area (Å²) in [7, 11) is 0. The summed E-state index contributed by atoms with van der Waals surface area (Å²) in [5, 5.41) is 5.01. The minimum Gasteiger partial charge on any atom is -0.476 e. The number of nitrogens with zero attached hydrogens (tertiary/aromatic N) is 3. The molecule has 0 unspecified atom stereocenters. The summed E-state index contributed by atoms with van der Waals surface area (Å²) in [4.78, 5) is 29.1. The van der Waals surface area contributed by atoms with Crippen LogP contribution in [0.15, 0.2) is 49.2 Å². The molecule has 0 aliphatic carbocycles. The Kier molecular flexibility index (Phi) is 7.51. The lowest BCUT2D eigenvalue weighted by atomic mass is 10.2. The van der Waals surface area contributed by atoms with Crippen LogP contribution in [0.1, 0.15) is 25.2 Å². The predicted octanol–water partition coefficient (Wildman–Crippen LogP) is 5.10. The van der Waals surface area contributed by atoms with Gasteiger partial charge in [-0.1, -0.05) is 27.5 Å². The van der Waals surface area contributed by atoms with Crippen LogP contribution in [0.25, 0.3) is 10.9 Å². The van der Waals surface area contributed by atoms with Crippen molar-refractivity contribution < 1.29 is 14.3 Å². The lowest BCUT2D eigenvalue weighted by Crippen LogP contribution is -2.26. The van der Waals surface area contributed by atoms with E-state index in [4.69, 9.17) is 21.1 Å². The molecule has 1 atom stereocenters. The van der Waals surface area contributed by atoms with Crippen molar-refractivity contribution in [3.05, 3.63) is 66.0 Å². The molecule has 7 nitrogen and oxygen atoms in total. The average Bonchev–Trinajstić information content (AvgIpc) is 2.71. The quantitative estimate of drug-likeness (QED) is 0.304. The second-order valence-corrected chi connectivity index (χ2v) is 8.69. The fourth-order valence-electron chi connectivity index (χ4n) is 2.77. The number of aryl methyl sites for hydroxylation is 1. The molecule has 0 aliphatic heterocycles. The first kappa shape index (κ1) is 23.4. The molecule has 1 heterocycles. The molecule has 0 fully saturated rings. The zero-order valence-corrected chi connectivity index (χ0v) is 20.8. The van der Waals surface area contributed by atoms with Crippen molar-refractivity contribution in [1.29, 1.82) is 0 Å². The fraction of sp³-hybridized carbons (Fsp3) is 0.238. The van der Waals surface area contributed by atoms with Gasteiger partial charge in [-0.15, -0.1) is 0 Å². The van der Waals surface area contributed by atoms with E-state index in [1.54, 1.807) is 45.0 Å². The highest BCUT2D eigenvalue weighted by Gasteiger charge is 2.19. The number of carbonyl (C=O) groups is 1. The predicted molar refractivity (Wildman–Crippen MR) is 127 cm³/mol. The second kappa shape index (κ2) is 9.93. The molecule has 31 heavy (non-hydrogen) atoms. The minimum absolute atomic E-state index is 0.260. The summed E-state index contributed by atoms with van der Waals surface area (Å²) < 4.78 is 13.1. The molecule has 10 heteroatoms. The molecule has 0 N–H and O–H groups in total. The first-order valence-electron chi connectivity index (χ1n) is 9.26. The molecule has 0 bridgehead atoms. The number of hydrogen-bond donors (Lipinski definition) is 0. The van der Waals surface area contributed by atoms with E-state index in [-0.39, 0.29) is 17.2 Å². The van der Waals surface area contributed by atoms with Gasteiger partial charge in [0.2, 0.25) is 0 Å². The molecule has 0 saturated carbocycles. The Morgan fingerprint density at radius 2 is 2.06 bits per heavy atom. The zero-order valence-electron chi connectivity index (χ0n) is 16.9. The van der Waals surface area contributed by atoms with E-state index >= 15 is 0 Å². The maximum absolute atomic E-state index is 12.8. The lowest BCUT2D eigenvalue weighted by Gasteiger charge is -2.16. The monoisotopic (exact) mass is 569 g/mol. The first-order valence-corrected chi connectivity index (χ1v) is 11.2. The van der Waals surface area contributed by atoms with E-state index in [1.807, 2.05) is 6.07 Å². The summed E-state index contributed by atoms with van der Waals surface area (Å²) in [5.41, 5.74) is 0.933. The van der Waals surface area contributed by atoms with Crippen molar-refractivity contribution in [2.24, 2.45) is 5.10 Å². The largest absolute Gasteiger partial charge is 0.476 e. The van der Waals surface area contributed by atoms with Crippen molar-refractivity contribution >= 4 is 66.5 Å². The van der Waals surface area contributed by atoms with Gasteiger partial charge < -0.3 is 9.47 Å². The van der Waals surface area contributed by atoms with Crippen LogP contribution in [-0.4, -0.2) is 34.6 Å². The number of benzene rings is 2. The van der Waals surface area contributed by atoms with Gasteiger partial charge in [0.15, 0.2) is 11.9 Å². The van der Waals surface area contributed by atoms with Crippen molar-refractivity contribution in [3.63, 3.8) is 0 Å². The zero-order chi connectivity index (χ0) is 22.7. The highest BCUT2D eigenvalue weighted by atomic mass is 79.9. The molecular weight excluding hydrogens is 554 g/mol. The van der Waals surface area contributed by atoms with Crippen molar-refractivity contribution in [3.8, 4) is 5.75 Å². The van der Waals surface area contributed by atoms with Crippen LogP contribution in [0.4, 0.5) is 0 Å². The van der Waals surface area contributed by atoms with Gasteiger partial charge in [-0.3, -0.25) is 4.79 Å². The summed E-state index contributed by atoms with van der Waals surface area (Å²) in [6.07, 6.45) is 0.673. The third-order valence-corrected chi connectivity index (χ3v) is 5.59. The highest BCUT2D eigenvalue weighted by Crippen LogP contribution is 2.35. The van der Waals surface area contributed by atoms with Gasteiger partial charge in [-0.25, -0.2) is 9.78 Å². The average molecular weight is 572 g/mol. The Labute approximate surface area is 200 Å². The van der Waals surface area contributed by atoms with E-state index in [0.29, 0.717) is 32.5 Å². The van der Waals surface area contributed by atoms with Gasteiger partial charge in [-0.2, -0.15) is 9.78 Å². The second-order valence-electron chi connectivity index (χ2n) is 6.51. The fourth-order valence-corrected chi connectivity index (χ4v) is 4.09. The SMILES string of the molecule is CCOC(=O)[C@@H](C)Oc1c(Cl)cc(C=Nn2c(C)nc3ccc(Br)cc3c2=O)cc1Br. The molecule has 0 aliphatic rings. The molecule has 0 saturated heterocycles. The lowest BCUT2D eigenvalue weighted by molar-refractivity contribution is -0.150. The van der Waals surface area contributed by atoms with Crippen LogP contribution in [-0.2, 0) is 9.53 Å². The topological polar surface area (TPSA) is 82.8 Å². The Bertz CT molecular complexity index is 1220. The number of esters is 1. The number of aromatic nitrogens is 2. The number of halogens is 3. The molecule has 162 valence electrons. The smallest absolute Gasteiger partial charge is 0.347 e. The van der Waals surface area contributed by atoms with E-state index < -0.39 is 12.1 Å². The molecule has 0 amide bonds. The number of fused-ring (bicyclic) bond motifs is 1. The summed E-state index contributed by atoms with van der Waals surface area (Å²) >= 11 is 13.1. The van der Waals surface area contributed by atoms with Crippen LogP contribution in [0.2, 0.25) is 5.02 Å². The number of rotatable bonds is 6. The highest BCUT2D eigenvalue weighted by molar-refractivity contribution is 9.10. The molecule has 2 aromatic carbocycles. The normalized spacial score (nSPS) is 12.3. The van der Waals surface area contributed by atoms with E-state index in [0.717, 1.165) is 4.47 Å². The van der Waals surface area contributed by atoms with E-state index in [9.17, 15) is 9.59 Å². The Balaban J connectivity index is 1.92. The minimum atomic E-state index is -0.822. The molecule has 3 rings (SSSR count). The van der Waals surface area contributed by atoms with E-state index in [1.165, 1.54) is 10.9 Å². The summed E-state index contributed by atoms with van der Waals surface area (Å²) in [6.45, 7) is 5.27. The van der Waals surface area contributed by atoms with Crippen LogP contribution >= 0.6 is 43.5 Å². The van der Waals surface area contributed by atoms with Gasteiger partial charge in [0.05, 0.1) is 33.2 Å². The molecule has 0 radical (unpaired) electrons. The van der Waals surface area contributed by atoms with Crippen LogP contribution < -0.4 is 10.3 Å². The van der Waals surface area contributed by atoms with E-state index in [2.05, 4.69) is 41.9 Å². The third kappa shape index (κ3) is 5.34. The van der Waals surface area contributed by atoms with Crippen LogP contribution in [0.5, 0.6) is 5.75 Å². The van der Waals surface area contributed by atoms with Crippen LogP contribution in [0.3, 0.4) is 0 Å². The van der Waals surface area contributed by atoms with Gasteiger partial charge in [0.25, 0.3) is 5.56 Å². The molecule has 0 spiro atoms. The Hall–Kier alpha value is -2.23. The third-order valence-electron chi connectivity index (χ3n) is 4.23. The molecule has 1 aromatic heterocycles. The Morgan fingerprint density at radius 3 is 2.74 bits per heavy atom. The van der Waals surface area contributed by atoms with Gasteiger partial charge in [-0.05, 0) is 72.6 Å². The standard InChI is InChI=1S/C21H18Br2ClN3O4/c1-4-30-21(29)11(2)31-19-16(23)7-13(8-17(19)24)10-25-27-12(3)26-18-6-5-14(22)9-15(18)20(27)28/h5-11H,4H2,1-3H3/t11-/m1/s1. The number of ether oxygens (including phenoxy) is 2. The molecular formula is C21H18Br2ClN3O4. The van der Waals surface area contributed by atoms with Crippen molar-refractivity contribution in [2.75, 3.05) is 6.61 Å². The van der Waals surface area contributed by atoms with Crippen molar-refractivity contribution in [1.82, 2.24) is 9.66 Å². The number of carbonyl (C=O) groups excluding carboxylic acids is 1. The summed E-state index contributed by atoms with van der Waals surface area (Å²) in [5.74, 6) is 0.274. The van der Waals surface area contributed by atoms with Gasteiger partial charge in [0.1, 0.15) is 5.82 Å². The maximum atomic E-state index is 12.8. The van der Waals surface area contributed by atoms with Crippen LogP contribution in [0, 0.1) is 6.92 Å². The summed E-state index contributed by atoms with van der Waals surface area (Å²) in [6, 6.07) is 8.64.